The van der Waals surface area contributed by atoms with Crippen LogP contribution in [0.4, 0.5) is 0 Å². The van der Waals surface area contributed by atoms with Crippen molar-refractivity contribution < 1.29 is 0 Å². The van der Waals surface area contributed by atoms with E-state index in [1.807, 2.05) is 0 Å². The molecule has 0 aromatic rings. The molecular weight excluding hydrogens is 146 g/mol. The second-order valence-electron chi connectivity index (χ2n) is 5.87. The van der Waals surface area contributed by atoms with Crippen molar-refractivity contribution in [1.82, 2.24) is 5.32 Å². The third-order valence-corrected chi connectivity index (χ3v) is 3.08. The van der Waals surface area contributed by atoms with Crippen LogP contribution in [0.2, 0.25) is 0 Å². The van der Waals surface area contributed by atoms with Gasteiger partial charge in [-0.25, -0.2) is 0 Å². The van der Waals surface area contributed by atoms with Gasteiger partial charge in [-0.05, 0) is 44.6 Å². The smallest absolute Gasteiger partial charge is 0.0128 e. The average Bonchev–Trinajstić information content (AvgIpc) is 1.83. The Kier molecular flexibility index (Phi) is 2.53. The van der Waals surface area contributed by atoms with E-state index in [9.17, 15) is 0 Å². The molecule has 1 unspecified atom stereocenters. The van der Waals surface area contributed by atoms with E-state index in [0.29, 0.717) is 11.0 Å². The highest BCUT2D eigenvalue weighted by Crippen LogP contribution is 2.37. The van der Waals surface area contributed by atoms with Crippen LogP contribution in [-0.2, 0) is 0 Å². The highest BCUT2D eigenvalue weighted by atomic mass is 15.0. The van der Waals surface area contributed by atoms with Crippen molar-refractivity contribution in [2.24, 2.45) is 11.3 Å². The number of hydrogen-bond donors (Lipinski definition) is 1. The van der Waals surface area contributed by atoms with Gasteiger partial charge in [0.05, 0.1) is 0 Å². The Morgan fingerprint density at radius 1 is 1.25 bits per heavy atom. The van der Waals surface area contributed by atoms with Crippen molar-refractivity contribution in [3.63, 3.8) is 0 Å². The van der Waals surface area contributed by atoms with Gasteiger partial charge in [0.1, 0.15) is 0 Å². The zero-order valence-corrected chi connectivity index (χ0v) is 9.20. The maximum absolute atomic E-state index is 3.56. The van der Waals surface area contributed by atoms with Gasteiger partial charge in [0, 0.05) is 5.54 Å². The van der Waals surface area contributed by atoms with Gasteiger partial charge >= 0.3 is 0 Å². The second kappa shape index (κ2) is 3.02. The van der Waals surface area contributed by atoms with Gasteiger partial charge in [0.2, 0.25) is 0 Å². The molecule has 0 aromatic carbocycles. The molecule has 1 heteroatoms. The van der Waals surface area contributed by atoms with Crippen LogP contribution in [0, 0.1) is 11.3 Å². The maximum Gasteiger partial charge on any atom is 0.0128 e. The summed E-state index contributed by atoms with van der Waals surface area (Å²) in [5, 5.41) is 3.56. The summed E-state index contributed by atoms with van der Waals surface area (Å²) in [6, 6.07) is 0. The van der Waals surface area contributed by atoms with E-state index in [1.54, 1.807) is 0 Å². The average molecular weight is 169 g/mol. The summed E-state index contributed by atoms with van der Waals surface area (Å²) in [5.74, 6) is 0.883. The molecule has 0 spiro atoms. The van der Waals surface area contributed by atoms with Gasteiger partial charge in [-0.2, -0.15) is 0 Å². The SMILES string of the molecule is CC1(C)CC(C(C)(C)C)CCN1. The van der Waals surface area contributed by atoms with Gasteiger partial charge in [0.25, 0.3) is 0 Å². The van der Waals surface area contributed by atoms with Gasteiger partial charge < -0.3 is 5.32 Å². The fourth-order valence-electron chi connectivity index (χ4n) is 2.11. The summed E-state index contributed by atoms with van der Waals surface area (Å²) in [5.41, 5.74) is 0.843. The number of nitrogens with one attached hydrogen (secondary N) is 1. The molecule has 1 aliphatic rings. The first-order valence-electron chi connectivity index (χ1n) is 5.06. The Labute approximate surface area is 76.9 Å². The molecule has 0 bridgehead atoms. The molecule has 1 heterocycles. The van der Waals surface area contributed by atoms with E-state index in [-0.39, 0.29) is 0 Å². The van der Waals surface area contributed by atoms with Crippen molar-refractivity contribution in [3.05, 3.63) is 0 Å². The van der Waals surface area contributed by atoms with E-state index >= 15 is 0 Å². The minimum Gasteiger partial charge on any atom is -0.312 e. The molecule has 12 heavy (non-hydrogen) atoms. The van der Waals surface area contributed by atoms with Crippen molar-refractivity contribution in [3.8, 4) is 0 Å². The lowest BCUT2D eigenvalue weighted by atomic mass is 9.71. The number of hydrogen-bond acceptors (Lipinski definition) is 1. The first kappa shape index (κ1) is 10.0. The first-order chi connectivity index (χ1) is 5.31. The lowest BCUT2D eigenvalue weighted by Gasteiger charge is -2.42. The van der Waals surface area contributed by atoms with Crippen LogP contribution >= 0.6 is 0 Å². The van der Waals surface area contributed by atoms with Crippen LogP contribution in [0.15, 0.2) is 0 Å². The largest absolute Gasteiger partial charge is 0.312 e. The van der Waals surface area contributed by atoms with Gasteiger partial charge in [-0.15, -0.1) is 0 Å². The monoisotopic (exact) mass is 169 g/mol. The molecule has 1 fully saturated rings. The Hall–Kier alpha value is -0.0400. The van der Waals surface area contributed by atoms with Crippen molar-refractivity contribution in [2.75, 3.05) is 6.54 Å². The lowest BCUT2D eigenvalue weighted by molar-refractivity contribution is 0.127. The summed E-state index contributed by atoms with van der Waals surface area (Å²) in [7, 11) is 0. The molecule has 1 N–H and O–H groups in total. The standard InChI is InChI=1S/C11H23N/c1-10(2,3)9-6-7-12-11(4,5)8-9/h9,12H,6-8H2,1-5H3. The molecule has 0 amide bonds. The zero-order chi connectivity index (χ0) is 9.41. The molecule has 1 atom stereocenters. The normalized spacial score (nSPS) is 30.2. The molecular formula is C11H23N. The summed E-state index contributed by atoms with van der Waals surface area (Å²) < 4.78 is 0. The second-order valence-corrected chi connectivity index (χ2v) is 5.87. The highest BCUT2D eigenvalue weighted by Gasteiger charge is 2.33. The Morgan fingerprint density at radius 2 is 1.83 bits per heavy atom. The van der Waals surface area contributed by atoms with Gasteiger partial charge in [-0.3, -0.25) is 0 Å². The quantitative estimate of drug-likeness (QED) is 0.588. The molecule has 1 rings (SSSR count). The molecule has 0 aliphatic carbocycles. The highest BCUT2D eigenvalue weighted by molar-refractivity contribution is 4.90. The molecule has 72 valence electrons. The maximum atomic E-state index is 3.56. The van der Waals surface area contributed by atoms with E-state index in [4.69, 9.17) is 0 Å². The van der Waals surface area contributed by atoms with Crippen LogP contribution in [0.3, 0.4) is 0 Å². The lowest BCUT2D eigenvalue weighted by Crippen LogP contribution is -2.48. The predicted octanol–water partition coefficient (Wildman–Crippen LogP) is 2.81. The van der Waals surface area contributed by atoms with Crippen LogP contribution in [0.5, 0.6) is 0 Å². The Bertz CT molecular complexity index is 150. The fourth-order valence-corrected chi connectivity index (χ4v) is 2.11. The first-order valence-corrected chi connectivity index (χ1v) is 5.06. The van der Waals surface area contributed by atoms with Crippen LogP contribution in [-0.4, -0.2) is 12.1 Å². The van der Waals surface area contributed by atoms with E-state index in [0.717, 1.165) is 5.92 Å². The molecule has 0 aromatic heterocycles. The third-order valence-electron chi connectivity index (χ3n) is 3.08. The topological polar surface area (TPSA) is 12.0 Å². The van der Waals surface area contributed by atoms with E-state index < -0.39 is 0 Å². The summed E-state index contributed by atoms with van der Waals surface area (Å²) in [4.78, 5) is 0. The molecule has 0 saturated carbocycles. The molecule has 1 saturated heterocycles. The van der Waals surface area contributed by atoms with E-state index in [1.165, 1.54) is 19.4 Å². The minimum absolute atomic E-state index is 0.357. The van der Waals surface area contributed by atoms with Crippen molar-refractivity contribution in [1.29, 1.82) is 0 Å². The van der Waals surface area contributed by atoms with Crippen LogP contribution in [0.1, 0.15) is 47.5 Å². The summed E-state index contributed by atoms with van der Waals surface area (Å²) in [6.45, 7) is 12.9. The molecule has 1 aliphatic heterocycles. The molecule has 1 nitrogen and oxygen atoms in total. The van der Waals surface area contributed by atoms with Gasteiger partial charge in [-0.1, -0.05) is 20.8 Å². The fraction of sp³-hybridized carbons (Fsp3) is 1.00. The van der Waals surface area contributed by atoms with Crippen LogP contribution < -0.4 is 5.32 Å². The summed E-state index contributed by atoms with van der Waals surface area (Å²) >= 11 is 0. The molecule has 0 radical (unpaired) electrons. The Morgan fingerprint density at radius 3 is 2.17 bits per heavy atom. The van der Waals surface area contributed by atoms with Crippen molar-refractivity contribution in [2.45, 2.75) is 53.0 Å². The third kappa shape index (κ3) is 2.48. The predicted molar refractivity (Wildman–Crippen MR) is 54.3 cm³/mol. The van der Waals surface area contributed by atoms with Gasteiger partial charge in [0.15, 0.2) is 0 Å². The number of piperidine rings is 1. The van der Waals surface area contributed by atoms with Crippen molar-refractivity contribution >= 4 is 0 Å². The summed E-state index contributed by atoms with van der Waals surface area (Å²) in [6.07, 6.45) is 2.66. The Balaban J connectivity index is 2.58. The zero-order valence-electron chi connectivity index (χ0n) is 9.20. The number of rotatable bonds is 0. The van der Waals surface area contributed by atoms with Crippen LogP contribution in [0.25, 0.3) is 0 Å². The van der Waals surface area contributed by atoms with E-state index in [2.05, 4.69) is 39.9 Å². The minimum atomic E-state index is 0.357.